The Bertz CT molecular complexity index is 228. The van der Waals surface area contributed by atoms with E-state index in [1.807, 2.05) is 12.1 Å². The molecule has 2 heteroatoms. The highest BCUT2D eigenvalue weighted by Gasteiger charge is 1.91. The monoisotopic (exact) mass is 138 g/mol. The normalized spacial score (nSPS) is 10.5. The van der Waals surface area contributed by atoms with Crippen molar-refractivity contribution in [3.8, 4) is 0 Å². The Kier molecular flexibility index (Phi) is 0.889. The van der Waals surface area contributed by atoms with E-state index in [1.54, 1.807) is 22.7 Å². The average molecular weight is 138 g/mol. The first-order chi connectivity index (χ1) is 3.97. The standard InChI is InChI=1S/C6H2S2/c1-3-7-6-2-4-8-5(1)6/h1-2H. The smallest absolute Gasteiger partial charge is 0.0464 e. The SMILES string of the molecule is [c]1cc2s[c]cc2s1. The zero-order chi connectivity index (χ0) is 5.40. The summed E-state index contributed by atoms with van der Waals surface area (Å²) in [7, 11) is 0. The van der Waals surface area contributed by atoms with Gasteiger partial charge in [-0.2, -0.15) is 0 Å². The fraction of sp³-hybridized carbons (Fsp3) is 0. The van der Waals surface area contributed by atoms with E-state index in [0.717, 1.165) is 0 Å². The molecule has 0 nitrogen and oxygen atoms in total. The van der Waals surface area contributed by atoms with Gasteiger partial charge in [0.15, 0.2) is 0 Å². The van der Waals surface area contributed by atoms with Crippen LogP contribution in [-0.2, 0) is 0 Å². The van der Waals surface area contributed by atoms with Crippen molar-refractivity contribution < 1.29 is 0 Å². The predicted octanol–water partition coefficient (Wildman–Crippen LogP) is 2.56. The fourth-order valence-corrected chi connectivity index (χ4v) is 2.16. The molecule has 2 rings (SSSR count). The average Bonchev–Trinajstić information content (AvgIpc) is 2.15. The van der Waals surface area contributed by atoms with Crippen LogP contribution in [0.25, 0.3) is 9.40 Å². The molecule has 38 valence electrons. The van der Waals surface area contributed by atoms with Gasteiger partial charge in [0.05, 0.1) is 0 Å². The Morgan fingerprint density at radius 2 is 1.50 bits per heavy atom. The second-order valence-corrected chi connectivity index (χ2v) is 3.22. The van der Waals surface area contributed by atoms with Crippen molar-refractivity contribution in [2.24, 2.45) is 0 Å². The van der Waals surface area contributed by atoms with Gasteiger partial charge >= 0.3 is 0 Å². The molecule has 0 saturated heterocycles. The van der Waals surface area contributed by atoms with Crippen LogP contribution < -0.4 is 0 Å². The summed E-state index contributed by atoms with van der Waals surface area (Å²) in [5, 5.41) is 6.10. The molecule has 0 fully saturated rings. The quantitative estimate of drug-likeness (QED) is 0.525. The van der Waals surface area contributed by atoms with Crippen molar-refractivity contribution in [3.05, 3.63) is 22.9 Å². The Hall–Kier alpha value is -0.340. The van der Waals surface area contributed by atoms with E-state index in [-0.39, 0.29) is 0 Å². The Labute approximate surface area is 55.4 Å². The van der Waals surface area contributed by atoms with Gasteiger partial charge in [0.1, 0.15) is 0 Å². The van der Waals surface area contributed by atoms with Crippen molar-refractivity contribution in [2.45, 2.75) is 0 Å². The van der Waals surface area contributed by atoms with E-state index in [9.17, 15) is 0 Å². The zero-order valence-electron chi connectivity index (χ0n) is 3.97. The maximum absolute atomic E-state index is 3.05. The summed E-state index contributed by atoms with van der Waals surface area (Å²) in [5.74, 6) is 0. The van der Waals surface area contributed by atoms with Gasteiger partial charge in [-0.05, 0) is 12.1 Å². The highest BCUT2D eigenvalue weighted by Crippen LogP contribution is 2.24. The van der Waals surface area contributed by atoms with Crippen LogP contribution in [0.5, 0.6) is 0 Å². The van der Waals surface area contributed by atoms with Crippen LogP contribution >= 0.6 is 22.7 Å². The molecule has 0 bridgehead atoms. The number of hydrogen-bond acceptors (Lipinski definition) is 2. The predicted molar refractivity (Wildman–Crippen MR) is 37.4 cm³/mol. The lowest BCUT2D eigenvalue weighted by atomic mass is 10.5. The van der Waals surface area contributed by atoms with Gasteiger partial charge in [-0.3, -0.25) is 0 Å². The zero-order valence-corrected chi connectivity index (χ0v) is 5.60. The van der Waals surface area contributed by atoms with Gasteiger partial charge in [-0.1, -0.05) is 0 Å². The summed E-state index contributed by atoms with van der Waals surface area (Å²) in [5.41, 5.74) is 0. The molecule has 8 heavy (non-hydrogen) atoms. The second kappa shape index (κ2) is 1.57. The molecular formula is C6H2S2. The summed E-state index contributed by atoms with van der Waals surface area (Å²) >= 11 is 3.30. The second-order valence-electron chi connectivity index (χ2n) is 1.46. The van der Waals surface area contributed by atoms with Gasteiger partial charge in [-0.15, -0.1) is 22.7 Å². The lowest BCUT2D eigenvalue weighted by Gasteiger charge is -1.63. The first-order valence-corrected chi connectivity index (χ1v) is 3.85. The largest absolute Gasteiger partial charge is 0.133 e. The van der Waals surface area contributed by atoms with E-state index in [1.165, 1.54) is 9.40 Å². The van der Waals surface area contributed by atoms with Crippen molar-refractivity contribution in [1.29, 1.82) is 0 Å². The molecule has 2 heterocycles. The molecule has 2 radical (unpaired) electrons. The summed E-state index contributed by atoms with van der Waals surface area (Å²) in [6, 6.07) is 4.00. The van der Waals surface area contributed by atoms with Gasteiger partial charge < -0.3 is 0 Å². The fourth-order valence-electron chi connectivity index (χ4n) is 0.595. The van der Waals surface area contributed by atoms with Gasteiger partial charge in [0, 0.05) is 20.2 Å². The maximum Gasteiger partial charge on any atom is 0.0464 e. The van der Waals surface area contributed by atoms with Crippen LogP contribution in [0.4, 0.5) is 0 Å². The summed E-state index contributed by atoms with van der Waals surface area (Å²) in [6.45, 7) is 0. The van der Waals surface area contributed by atoms with Gasteiger partial charge in [-0.25, -0.2) is 0 Å². The van der Waals surface area contributed by atoms with Crippen molar-refractivity contribution in [3.63, 3.8) is 0 Å². The Morgan fingerprint density at radius 1 is 1.00 bits per heavy atom. The minimum Gasteiger partial charge on any atom is -0.133 e. The highest BCUT2D eigenvalue weighted by molar-refractivity contribution is 7.25. The molecule has 0 spiro atoms. The molecule has 2 aromatic rings. The number of thiophene rings is 2. The summed E-state index contributed by atoms with van der Waals surface area (Å²) in [6.07, 6.45) is 0. The third kappa shape index (κ3) is 0.501. The molecule has 0 aliphatic rings. The topological polar surface area (TPSA) is 0 Å². The van der Waals surface area contributed by atoms with Crippen LogP contribution in [-0.4, -0.2) is 0 Å². The lowest BCUT2D eigenvalue weighted by Crippen LogP contribution is -1.33. The van der Waals surface area contributed by atoms with Crippen LogP contribution in [0.15, 0.2) is 12.1 Å². The van der Waals surface area contributed by atoms with Gasteiger partial charge in [0.2, 0.25) is 0 Å². The van der Waals surface area contributed by atoms with E-state index in [0.29, 0.717) is 0 Å². The van der Waals surface area contributed by atoms with Crippen LogP contribution in [0.3, 0.4) is 0 Å². The molecule has 0 aliphatic carbocycles. The van der Waals surface area contributed by atoms with E-state index >= 15 is 0 Å². The molecule has 0 unspecified atom stereocenters. The van der Waals surface area contributed by atoms with Crippen LogP contribution in [0.2, 0.25) is 0 Å². The minimum atomic E-state index is 1.30. The summed E-state index contributed by atoms with van der Waals surface area (Å²) < 4.78 is 2.60. The molecule has 0 N–H and O–H groups in total. The third-order valence-electron chi connectivity index (χ3n) is 0.961. The Balaban J connectivity index is 3.06. The molecule has 0 amide bonds. The molecule has 0 atom stereocenters. The van der Waals surface area contributed by atoms with E-state index < -0.39 is 0 Å². The van der Waals surface area contributed by atoms with E-state index in [2.05, 4.69) is 10.8 Å². The molecule has 0 aliphatic heterocycles. The van der Waals surface area contributed by atoms with Crippen molar-refractivity contribution >= 4 is 32.1 Å². The van der Waals surface area contributed by atoms with E-state index in [4.69, 9.17) is 0 Å². The third-order valence-corrected chi connectivity index (χ3v) is 2.68. The lowest BCUT2D eigenvalue weighted by molar-refractivity contribution is 2.20. The first kappa shape index (κ1) is 4.53. The van der Waals surface area contributed by atoms with Gasteiger partial charge in [0.25, 0.3) is 0 Å². The molecule has 0 saturated carbocycles. The molecule has 0 aromatic carbocycles. The Morgan fingerprint density at radius 3 is 2.00 bits per heavy atom. The maximum atomic E-state index is 3.05. The van der Waals surface area contributed by atoms with Crippen molar-refractivity contribution in [2.75, 3.05) is 0 Å². The van der Waals surface area contributed by atoms with Crippen LogP contribution in [0, 0.1) is 10.8 Å². The first-order valence-electron chi connectivity index (χ1n) is 2.22. The minimum absolute atomic E-state index is 1.30. The molecular weight excluding hydrogens is 136 g/mol. The molecule has 2 aromatic heterocycles. The van der Waals surface area contributed by atoms with Crippen LogP contribution in [0.1, 0.15) is 0 Å². The number of rotatable bonds is 0. The number of fused-ring (bicyclic) bond motifs is 1. The summed E-state index contributed by atoms with van der Waals surface area (Å²) in [4.78, 5) is 0. The highest BCUT2D eigenvalue weighted by atomic mass is 32.1. The number of hydrogen-bond donors (Lipinski definition) is 0. The van der Waals surface area contributed by atoms with Crippen molar-refractivity contribution in [1.82, 2.24) is 0 Å².